The van der Waals surface area contributed by atoms with E-state index in [1.807, 2.05) is 0 Å². The topological polar surface area (TPSA) is 70.8 Å². The zero-order chi connectivity index (χ0) is 17.3. The summed E-state index contributed by atoms with van der Waals surface area (Å²) in [6, 6.07) is 9.12. The summed E-state index contributed by atoms with van der Waals surface area (Å²) < 4.78 is 5.12. The number of ketones is 1. The number of amides is 1. The van der Waals surface area contributed by atoms with E-state index in [9.17, 15) is 14.7 Å². The average molecular weight is 344 g/mol. The van der Waals surface area contributed by atoms with Gasteiger partial charge in [-0.2, -0.15) is 0 Å². The van der Waals surface area contributed by atoms with Crippen molar-refractivity contribution in [3.63, 3.8) is 0 Å². The molecule has 2 heterocycles. The van der Waals surface area contributed by atoms with E-state index in [0.29, 0.717) is 10.6 Å². The monoisotopic (exact) mass is 343 g/mol. The summed E-state index contributed by atoms with van der Waals surface area (Å²) in [5.41, 5.74) is 0.498. The van der Waals surface area contributed by atoms with Crippen LogP contribution in [0.3, 0.4) is 0 Å². The standard InChI is InChI=1S/C18H14ClNO4/c1-2-9-20-15(11-6-3-4-7-12(11)19)14(17(22)18(20)23)16(21)13-8-5-10-24-13/h2-8,10,15,22H,1,9H2. The molecular formula is C18H14ClNO4. The number of furan rings is 1. The van der Waals surface area contributed by atoms with E-state index in [1.54, 1.807) is 30.3 Å². The van der Waals surface area contributed by atoms with Gasteiger partial charge in [-0.3, -0.25) is 9.59 Å². The number of aliphatic hydroxyl groups excluding tert-OH is 1. The van der Waals surface area contributed by atoms with Gasteiger partial charge in [-0.15, -0.1) is 6.58 Å². The predicted molar refractivity (Wildman–Crippen MR) is 88.8 cm³/mol. The molecule has 0 fully saturated rings. The second-order valence-electron chi connectivity index (χ2n) is 5.24. The first-order valence-corrected chi connectivity index (χ1v) is 7.61. The van der Waals surface area contributed by atoms with Gasteiger partial charge < -0.3 is 14.4 Å². The van der Waals surface area contributed by atoms with Crippen LogP contribution < -0.4 is 0 Å². The lowest BCUT2D eigenvalue weighted by molar-refractivity contribution is -0.128. The van der Waals surface area contributed by atoms with Crippen molar-refractivity contribution in [3.8, 4) is 0 Å². The van der Waals surface area contributed by atoms with E-state index < -0.39 is 23.5 Å². The van der Waals surface area contributed by atoms with E-state index in [1.165, 1.54) is 23.3 Å². The van der Waals surface area contributed by atoms with Crippen molar-refractivity contribution >= 4 is 23.3 Å². The molecule has 24 heavy (non-hydrogen) atoms. The molecule has 1 amide bonds. The van der Waals surface area contributed by atoms with Gasteiger partial charge in [0, 0.05) is 11.6 Å². The molecule has 0 saturated heterocycles. The Hall–Kier alpha value is -2.79. The molecule has 0 radical (unpaired) electrons. The molecule has 0 spiro atoms. The summed E-state index contributed by atoms with van der Waals surface area (Å²) in [6.07, 6.45) is 2.88. The summed E-state index contributed by atoms with van der Waals surface area (Å²) in [6.45, 7) is 3.78. The molecule has 1 aromatic carbocycles. The lowest BCUT2D eigenvalue weighted by Crippen LogP contribution is -2.31. The Balaban J connectivity index is 2.16. The van der Waals surface area contributed by atoms with E-state index in [4.69, 9.17) is 16.0 Å². The molecule has 1 aromatic heterocycles. The van der Waals surface area contributed by atoms with Gasteiger partial charge in [-0.25, -0.2) is 0 Å². The second-order valence-corrected chi connectivity index (χ2v) is 5.65. The fraction of sp³-hybridized carbons (Fsp3) is 0.111. The fourth-order valence-corrected chi connectivity index (χ4v) is 3.01. The number of carbonyl (C=O) groups is 2. The summed E-state index contributed by atoms with van der Waals surface area (Å²) in [5, 5.41) is 10.7. The quantitative estimate of drug-likeness (QED) is 0.663. The van der Waals surface area contributed by atoms with Crippen molar-refractivity contribution in [2.75, 3.05) is 6.54 Å². The largest absolute Gasteiger partial charge is 0.503 e. The van der Waals surface area contributed by atoms with Gasteiger partial charge in [0.15, 0.2) is 11.5 Å². The molecule has 1 atom stereocenters. The highest BCUT2D eigenvalue weighted by atomic mass is 35.5. The Morgan fingerprint density at radius 1 is 1.33 bits per heavy atom. The van der Waals surface area contributed by atoms with Crippen molar-refractivity contribution in [2.24, 2.45) is 0 Å². The number of rotatable bonds is 5. The van der Waals surface area contributed by atoms with Gasteiger partial charge in [-0.1, -0.05) is 35.9 Å². The van der Waals surface area contributed by atoms with Gasteiger partial charge in [0.25, 0.3) is 5.91 Å². The predicted octanol–water partition coefficient (Wildman–Crippen LogP) is 3.70. The average Bonchev–Trinajstić information content (AvgIpc) is 3.18. The van der Waals surface area contributed by atoms with Crippen LogP contribution in [0.2, 0.25) is 5.02 Å². The Kier molecular flexibility index (Phi) is 4.27. The lowest BCUT2D eigenvalue weighted by atomic mass is 9.95. The number of halogens is 1. The molecular weight excluding hydrogens is 330 g/mol. The number of hydrogen-bond acceptors (Lipinski definition) is 4. The summed E-state index contributed by atoms with van der Waals surface area (Å²) in [4.78, 5) is 26.5. The van der Waals surface area contributed by atoms with Crippen molar-refractivity contribution < 1.29 is 19.1 Å². The smallest absolute Gasteiger partial charge is 0.290 e. The van der Waals surface area contributed by atoms with E-state index in [0.717, 1.165) is 0 Å². The van der Waals surface area contributed by atoms with Crippen molar-refractivity contribution in [1.29, 1.82) is 0 Å². The Labute approximate surface area is 143 Å². The molecule has 1 N–H and O–H groups in total. The third kappa shape index (κ3) is 2.53. The Morgan fingerprint density at radius 2 is 2.08 bits per heavy atom. The first-order chi connectivity index (χ1) is 11.6. The first kappa shape index (κ1) is 16.1. The lowest BCUT2D eigenvalue weighted by Gasteiger charge is -2.26. The minimum atomic E-state index is -0.804. The van der Waals surface area contributed by atoms with Crippen molar-refractivity contribution in [2.45, 2.75) is 6.04 Å². The number of Topliss-reactive ketones (excluding diaryl/α,β-unsaturated/α-hetero) is 1. The van der Waals surface area contributed by atoms with E-state index in [2.05, 4.69) is 6.58 Å². The van der Waals surface area contributed by atoms with Gasteiger partial charge in [0.1, 0.15) is 0 Å². The maximum Gasteiger partial charge on any atom is 0.290 e. The molecule has 5 nitrogen and oxygen atoms in total. The van der Waals surface area contributed by atoms with Crippen LogP contribution in [-0.4, -0.2) is 28.2 Å². The van der Waals surface area contributed by atoms with Gasteiger partial charge in [0.05, 0.1) is 17.9 Å². The zero-order valence-corrected chi connectivity index (χ0v) is 13.4. The molecule has 0 aliphatic carbocycles. The highest BCUT2D eigenvalue weighted by molar-refractivity contribution is 6.31. The SMILES string of the molecule is C=CCN1C(=O)C(O)=C(C(=O)c2ccco2)C1c1ccccc1Cl. The van der Waals surface area contributed by atoms with Crippen LogP contribution in [0.25, 0.3) is 0 Å². The van der Waals surface area contributed by atoms with Crippen LogP contribution in [0, 0.1) is 0 Å². The van der Waals surface area contributed by atoms with Gasteiger partial charge >= 0.3 is 0 Å². The highest BCUT2D eigenvalue weighted by Crippen LogP contribution is 2.41. The van der Waals surface area contributed by atoms with E-state index >= 15 is 0 Å². The van der Waals surface area contributed by atoms with Gasteiger partial charge in [0.2, 0.25) is 5.78 Å². The molecule has 0 saturated carbocycles. The molecule has 1 aliphatic rings. The highest BCUT2D eigenvalue weighted by Gasteiger charge is 2.44. The van der Waals surface area contributed by atoms with Crippen LogP contribution in [0.4, 0.5) is 0 Å². The minimum absolute atomic E-state index is 0.0434. The maximum absolute atomic E-state index is 12.7. The zero-order valence-electron chi connectivity index (χ0n) is 12.6. The Bertz CT molecular complexity index is 838. The molecule has 1 aliphatic heterocycles. The number of aliphatic hydroxyl groups is 1. The molecule has 1 unspecified atom stereocenters. The number of benzene rings is 1. The minimum Gasteiger partial charge on any atom is -0.503 e. The van der Waals surface area contributed by atoms with Crippen LogP contribution in [-0.2, 0) is 4.79 Å². The van der Waals surface area contributed by atoms with Crippen LogP contribution in [0.15, 0.2) is 71.1 Å². The van der Waals surface area contributed by atoms with Crippen molar-refractivity contribution in [3.05, 3.63) is 83.0 Å². The molecule has 122 valence electrons. The molecule has 3 rings (SSSR count). The Morgan fingerprint density at radius 3 is 2.71 bits per heavy atom. The third-order valence-corrected chi connectivity index (χ3v) is 4.16. The summed E-state index contributed by atoms with van der Waals surface area (Å²) in [5.74, 6) is -1.75. The number of hydrogen-bond donors (Lipinski definition) is 1. The molecule has 6 heteroatoms. The van der Waals surface area contributed by atoms with Crippen LogP contribution in [0.5, 0.6) is 0 Å². The van der Waals surface area contributed by atoms with Crippen LogP contribution >= 0.6 is 11.6 Å². The van der Waals surface area contributed by atoms with Crippen molar-refractivity contribution in [1.82, 2.24) is 4.90 Å². The number of carbonyl (C=O) groups excluding carboxylic acids is 2. The fourth-order valence-electron chi connectivity index (χ4n) is 2.77. The first-order valence-electron chi connectivity index (χ1n) is 7.24. The maximum atomic E-state index is 12.7. The van der Waals surface area contributed by atoms with Crippen LogP contribution in [0.1, 0.15) is 22.2 Å². The van der Waals surface area contributed by atoms with Gasteiger partial charge in [-0.05, 0) is 23.8 Å². The second kappa shape index (κ2) is 6.37. The number of nitrogens with zero attached hydrogens (tertiary/aromatic N) is 1. The molecule has 2 aromatic rings. The molecule has 0 bridgehead atoms. The third-order valence-electron chi connectivity index (χ3n) is 3.82. The summed E-state index contributed by atoms with van der Waals surface area (Å²) in [7, 11) is 0. The normalized spacial score (nSPS) is 17.5. The van der Waals surface area contributed by atoms with E-state index in [-0.39, 0.29) is 17.9 Å². The summed E-state index contributed by atoms with van der Waals surface area (Å²) >= 11 is 6.26.